The first kappa shape index (κ1) is 19.8. The molecule has 7 nitrogen and oxygen atoms in total. The SMILES string of the molecule is CCOc1ccc2cc(-c3nn(CCC4CCNCC4)c4ncnc(N)c34)ccc2c1. The van der Waals surface area contributed by atoms with Crippen LogP contribution in [0.2, 0.25) is 0 Å². The minimum Gasteiger partial charge on any atom is -0.494 e. The highest BCUT2D eigenvalue weighted by atomic mass is 16.5. The molecule has 5 rings (SSSR count). The smallest absolute Gasteiger partial charge is 0.163 e. The van der Waals surface area contributed by atoms with E-state index in [1.165, 1.54) is 19.2 Å². The maximum absolute atomic E-state index is 6.28. The monoisotopic (exact) mass is 416 g/mol. The lowest BCUT2D eigenvalue weighted by atomic mass is 9.95. The van der Waals surface area contributed by atoms with Crippen LogP contribution in [0.25, 0.3) is 33.1 Å². The van der Waals surface area contributed by atoms with Crippen LogP contribution in [0, 0.1) is 5.92 Å². The van der Waals surface area contributed by atoms with Gasteiger partial charge in [0.1, 0.15) is 23.6 Å². The van der Waals surface area contributed by atoms with E-state index in [4.69, 9.17) is 15.6 Å². The zero-order valence-electron chi connectivity index (χ0n) is 17.8. The van der Waals surface area contributed by atoms with Crippen LogP contribution in [-0.4, -0.2) is 39.4 Å². The highest BCUT2D eigenvalue weighted by molar-refractivity contribution is 6.00. The lowest BCUT2D eigenvalue weighted by Gasteiger charge is -2.22. The van der Waals surface area contributed by atoms with Crippen LogP contribution in [0.1, 0.15) is 26.2 Å². The summed E-state index contributed by atoms with van der Waals surface area (Å²) in [6.07, 6.45) is 5.06. The molecule has 0 amide bonds. The number of nitrogen functional groups attached to an aromatic ring is 1. The number of hydrogen-bond acceptors (Lipinski definition) is 6. The summed E-state index contributed by atoms with van der Waals surface area (Å²) < 4.78 is 7.64. The molecule has 1 aliphatic heterocycles. The Balaban J connectivity index is 1.52. The third kappa shape index (κ3) is 3.93. The highest BCUT2D eigenvalue weighted by Crippen LogP contribution is 2.33. The molecule has 0 radical (unpaired) electrons. The molecule has 2 aromatic carbocycles. The molecule has 1 aliphatic rings. The van der Waals surface area contributed by atoms with E-state index in [-0.39, 0.29) is 0 Å². The number of anilines is 1. The minimum absolute atomic E-state index is 0.472. The van der Waals surface area contributed by atoms with Gasteiger partial charge in [-0.15, -0.1) is 0 Å². The molecular formula is C24H28N6O. The Bertz CT molecular complexity index is 1210. The number of nitrogens with two attached hydrogens (primary N) is 1. The van der Waals surface area contributed by atoms with Crippen molar-refractivity contribution in [1.82, 2.24) is 25.1 Å². The predicted molar refractivity (Wildman–Crippen MR) is 124 cm³/mol. The first-order valence-electron chi connectivity index (χ1n) is 11.1. The number of aromatic nitrogens is 4. The molecule has 0 spiro atoms. The van der Waals surface area contributed by atoms with E-state index in [0.29, 0.717) is 12.4 Å². The number of benzene rings is 2. The van der Waals surface area contributed by atoms with E-state index in [1.54, 1.807) is 0 Å². The van der Waals surface area contributed by atoms with Crippen LogP contribution in [0.5, 0.6) is 5.75 Å². The van der Waals surface area contributed by atoms with Gasteiger partial charge in [-0.3, -0.25) is 0 Å². The Kier molecular flexibility index (Phi) is 5.42. The molecule has 31 heavy (non-hydrogen) atoms. The van der Waals surface area contributed by atoms with Gasteiger partial charge in [0.2, 0.25) is 0 Å². The molecule has 3 N–H and O–H groups in total. The minimum atomic E-state index is 0.472. The van der Waals surface area contributed by atoms with Gasteiger partial charge in [-0.05, 0) is 74.2 Å². The summed E-state index contributed by atoms with van der Waals surface area (Å²) in [4.78, 5) is 8.77. The third-order valence-electron chi connectivity index (χ3n) is 6.16. The number of nitrogens with zero attached hydrogens (tertiary/aromatic N) is 4. The van der Waals surface area contributed by atoms with Crippen LogP contribution in [0.3, 0.4) is 0 Å². The molecule has 0 saturated carbocycles. The molecule has 1 fully saturated rings. The Morgan fingerprint density at radius 3 is 2.74 bits per heavy atom. The van der Waals surface area contributed by atoms with Crippen molar-refractivity contribution in [1.29, 1.82) is 0 Å². The second kappa shape index (κ2) is 8.51. The molecule has 160 valence electrons. The Morgan fingerprint density at radius 2 is 1.90 bits per heavy atom. The molecule has 0 atom stereocenters. The molecule has 0 bridgehead atoms. The normalized spacial score (nSPS) is 15.0. The van der Waals surface area contributed by atoms with E-state index in [1.807, 2.05) is 17.7 Å². The van der Waals surface area contributed by atoms with Crippen molar-refractivity contribution in [2.75, 3.05) is 25.4 Å². The molecule has 3 heterocycles. The van der Waals surface area contributed by atoms with E-state index in [9.17, 15) is 0 Å². The fraction of sp³-hybridized carbons (Fsp3) is 0.375. The van der Waals surface area contributed by atoms with Crippen LogP contribution >= 0.6 is 0 Å². The van der Waals surface area contributed by atoms with E-state index in [2.05, 4.69) is 45.6 Å². The summed E-state index contributed by atoms with van der Waals surface area (Å²) in [5.41, 5.74) is 8.95. The summed E-state index contributed by atoms with van der Waals surface area (Å²) in [6.45, 7) is 5.69. The van der Waals surface area contributed by atoms with Gasteiger partial charge < -0.3 is 15.8 Å². The van der Waals surface area contributed by atoms with Gasteiger partial charge in [0.25, 0.3) is 0 Å². The van der Waals surface area contributed by atoms with E-state index >= 15 is 0 Å². The molecule has 4 aromatic rings. The zero-order chi connectivity index (χ0) is 21.2. The van der Waals surface area contributed by atoms with Gasteiger partial charge in [-0.25, -0.2) is 14.6 Å². The number of hydrogen-bond donors (Lipinski definition) is 2. The van der Waals surface area contributed by atoms with E-state index in [0.717, 1.165) is 70.8 Å². The third-order valence-corrected chi connectivity index (χ3v) is 6.16. The molecule has 7 heteroatoms. The highest BCUT2D eigenvalue weighted by Gasteiger charge is 2.19. The Hall–Kier alpha value is -3.19. The topological polar surface area (TPSA) is 90.9 Å². The van der Waals surface area contributed by atoms with Crippen LogP contribution in [-0.2, 0) is 6.54 Å². The predicted octanol–water partition coefficient (Wildman–Crippen LogP) is 4.02. The summed E-state index contributed by atoms with van der Waals surface area (Å²) >= 11 is 0. The summed E-state index contributed by atoms with van der Waals surface area (Å²) in [7, 11) is 0. The van der Waals surface area contributed by atoms with Crippen LogP contribution in [0.15, 0.2) is 42.7 Å². The maximum Gasteiger partial charge on any atom is 0.163 e. The van der Waals surface area contributed by atoms with Crippen LogP contribution in [0.4, 0.5) is 5.82 Å². The van der Waals surface area contributed by atoms with Crippen molar-refractivity contribution < 1.29 is 4.74 Å². The Morgan fingerprint density at radius 1 is 1.10 bits per heavy atom. The van der Waals surface area contributed by atoms with Crippen LogP contribution < -0.4 is 15.8 Å². The molecule has 0 aliphatic carbocycles. The van der Waals surface area contributed by atoms with Crippen molar-refractivity contribution in [3.8, 4) is 17.0 Å². The fourth-order valence-corrected chi connectivity index (χ4v) is 4.49. The number of nitrogens with one attached hydrogen (secondary N) is 1. The average Bonchev–Trinajstić information content (AvgIpc) is 3.18. The lowest BCUT2D eigenvalue weighted by molar-refractivity contribution is 0.334. The average molecular weight is 417 g/mol. The van der Waals surface area contributed by atoms with Gasteiger partial charge in [0, 0.05) is 12.1 Å². The van der Waals surface area contributed by atoms with Crippen molar-refractivity contribution in [2.45, 2.75) is 32.7 Å². The number of ether oxygens (including phenoxy) is 1. The van der Waals surface area contributed by atoms with Crippen molar-refractivity contribution in [3.05, 3.63) is 42.7 Å². The van der Waals surface area contributed by atoms with Gasteiger partial charge in [-0.2, -0.15) is 5.10 Å². The lowest BCUT2D eigenvalue weighted by Crippen LogP contribution is -2.28. The van der Waals surface area contributed by atoms with Crippen molar-refractivity contribution >= 4 is 27.6 Å². The number of rotatable bonds is 6. The van der Waals surface area contributed by atoms with Gasteiger partial charge in [0.05, 0.1) is 12.0 Å². The summed E-state index contributed by atoms with van der Waals surface area (Å²) in [6, 6.07) is 12.5. The molecule has 0 unspecified atom stereocenters. The summed E-state index contributed by atoms with van der Waals surface area (Å²) in [5.74, 6) is 2.08. The first-order valence-corrected chi connectivity index (χ1v) is 11.1. The number of fused-ring (bicyclic) bond motifs is 2. The second-order valence-electron chi connectivity index (χ2n) is 8.17. The zero-order valence-corrected chi connectivity index (χ0v) is 17.8. The Labute approximate surface area is 181 Å². The fourth-order valence-electron chi connectivity index (χ4n) is 4.49. The largest absolute Gasteiger partial charge is 0.494 e. The molecule has 1 saturated heterocycles. The molecule has 2 aromatic heterocycles. The molecular weight excluding hydrogens is 388 g/mol. The second-order valence-corrected chi connectivity index (χ2v) is 8.17. The number of piperidine rings is 1. The first-order chi connectivity index (χ1) is 15.2. The van der Waals surface area contributed by atoms with Gasteiger partial charge >= 0.3 is 0 Å². The van der Waals surface area contributed by atoms with Gasteiger partial charge in [-0.1, -0.05) is 18.2 Å². The van der Waals surface area contributed by atoms with E-state index < -0.39 is 0 Å². The van der Waals surface area contributed by atoms with Gasteiger partial charge in [0.15, 0.2) is 5.65 Å². The number of aryl methyl sites for hydroxylation is 1. The standard InChI is InChI=1S/C24H28N6O/c1-2-31-20-6-5-17-13-19(4-3-18(17)14-20)22-21-23(25)27-15-28-24(21)30(29-22)12-9-16-7-10-26-11-8-16/h3-6,13-16,26H,2,7-12H2,1H3,(H2,25,27,28). The quantitative estimate of drug-likeness (QED) is 0.493. The maximum atomic E-state index is 6.28. The van der Waals surface area contributed by atoms with Crippen molar-refractivity contribution in [3.63, 3.8) is 0 Å². The summed E-state index contributed by atoms with van der Waals surface area (Å²) in [5, 5.41) is 11.5. The van der Waals surface area contributed by atoms with Crippen molar-refractivity contribution in [2.24, 2.45) is 5.92 Å².